The average molecular weight is 335 g/mol. The van der Waals surface area contributed by atoms with Crippen molar-refractivity contribution in [2.75, 3.05) is 0 Å². The summed E-state index contributed by atoms with van der Waals surface area (Å²) in [6.07, 6.45) is 7.76. The summed E-state index contributed by atoms with van der Waals surface area (Å²) in [5.74, 6) is 2.46. The Morgan fingerprint density at radius 1 is 0.917 bits per heavy atom. The molecule has 0 aromatic heterocycles. The molecule has 1 unspecified atom stereocenters. The smallest absolute Gasteiger partial charge is 0.133 e. The second-order valence-electron chi connectivity index (χ2n) is 10.0. The predicted molar refractivity (Wildman–Crippen MR) is 93.3 cm³/mol. The number of aliphatic hydroxyl groups excluding tert-OH is 2. The molecule has 0 aromatic rings. The van der Waals surface area contributed by atoms with Gasteiger partial charge in [-0.2, -0.15) is 0 Å². The van der Waals surface area contributed by atoms with Crippen LogP contribution < -0.4 is 0 Å². The van der Waals surface area contributed by atoms with Crippen LogP contribution in [0.15, 0.2) is 0 Å². The van der Waals surface area contributed by atoms with Crippen molar-refractivity contribution in [3.05, 3.63) is 0 Å². The first kappa shape index (κ1) is 17.0. The number of Topliss-reactive ketones (excluding diaryl/α,β-unsaturated/α-hetero) is 1. The molecule has 9 atom stereocenters. The molecule has 0 aromatic carbocycles. The highest BCUT2D eigenvalue weighted by molar-refractivity contribution is 5.79. The van der Waals surface area contributed by atoms with E-state index in [4.69, 9.17) is 0 Å². The Morgan fingerprint density at radius 2 is 1.58 bits per heavy atom. The number of ketones is 1. The van der Waals surface area contributed by atoms with Gasteiger partial charge in [-0.15, -0.1) is 0 Å². The third-order valence-electron chi connectivity index (χ3n) is 9.15. The van der Waals surface area contributed by atoms with Gasteiger partial charge < -0.3 is 10.2 Å². The van der Waals surface area contributed by atoms with Crippen molar-refractivity contribution in [1.82, 2.24) is 0 Å². The summed E-state index contributed by atoms with van der Waals surface area (Å²) in [7, 11) is 0. The second kappa shape index (κ2) is 5.54. The molecule has 2 N–H and O–H groups in total. The molecular formula is C21H34O3. The molecule has 4 saturated carbocycles. The lowest BCUT2D eigenvalue weighted by Gasteiger charge is -2.62. The van der Waals surface area contributed by atoms with Crippen LogP contribution in [0.4, 0.5) is 0 Å². The van der Waals surface area contributed by atoms with Crippen LogP contribution in [0, 0.1) is 40.4 Å². The molecule has 4 aliphatic rings. The van der Waals surface area contributed by atoms with Crippen molar-refractivity contribution in [3.63, 3.8) is 0 Å². The summed E-state index contributed by atoms with van der Waals surface area (Å²) < 4.78 is 0. The summed E-state index contributed by atoms with van der Waals surface area (Å²) in [6, 6.07) is 0. The molecule has 0 saturated heterocycles. The van der Waals surface area contributed by atoms with Crippen molar-refractivity contribution in [3.8, 4) is 0 Å². The molecule has 0 radical (unpaired) electrons. The van der Waals surface area contributed by atoms with Gasteiger partial charge in [0, 0.05) is 5.92 Å². The van der Waals surface area contributed by atoms with Crippen LogP contribution in [0.3, 0.4) is 0 Å². The minimum atomic E-state index is -0.242. The highest BCUT2D eigenvalue weighted by Gasteiger charge is 2.62. The molecule has 0 amide bonds. The van der Waals surface area contributed by atoms with E-state index in [2.05, 4.69) is 13.8 Å². The molecule has 4 fully saturated rings. The number of fused-ring (bicyclic) bond motifs is 5. The second-order valence-corrected chi connectivity index (χ2v) is 10.0. The van der Waals surface area contributed by atoms with Crippen LogP contribution in [0.1, 0.15) is 72.1 Å². The molecule has 4 rings (SSSR count). The Bertz CT molecular complexity index is 531. The number of aliphatic hydroxyl groups is 2. The number of rotatable bonds is 1. The van der Waals surface area contributed by atoms with E-state index in [1.807, 2.05) is 0 Å². The van der Waals surface area contributed by atoms with E-state index in [-0.39, 0.29) is 29.0 Å². The predicted octanol–water partition coefficient (Wildman–Crippen LogP) is 3.57. The highest BCUT2D eigenvalue weighted by atomic mass is 16.3. The fraction of sp³-hybridized carbons (Fsp3) is 0.952. The fourth-order valence-electron chi connectivity index (χ4n) is 7.87. The minimum absolute atomic E-state index is 0.103. The summed E-state index contributed by atoms with van der Waals surface area (Å²) in [6.45, 7) is 6.54. The molecule has 0 bridgehead atoms. The van der Waals surface area contributed by atoms with Gasteiger partial charge >= 0.3 is 0 Å². The summed E-state index contributed by atoms with van der Waals surface area (Å²) in [4.78, 5) is 12.2. The molecular weight excluding hydrogens is 300 g/mol. The van der Waals surface area contributed by atoms with E-state index in [0.717, 1.165) is 51.4 Å². The first-order valence-corrected chi connectivity index (χ1v) is 10.1. The number of carbonyl (C=O) groups is 1. The van der Waals surface area contributed by atoms with E-state index in [1.165, 1.54) is 0 Å². The van der Waals surface area contributed by atoms with Crippen molar-refractivity contribution >= 4 is 5.78 Å². The molecule has 136 valence electrons. The van der Waals surface area contributed by atoms with Gasteiger partial charge in [-0.05, 0) is 92.8 Å². The molecule has 24 heavy (non-hydrogen) atoms. The van der Waals surface area contributed by atoms with E-state index in [9.17, 15) is 15.0 Å². The van der Waals surface area contributed by atoms with Crippen molar-refractivity contribution in [1.29, 1.82) is 0 Å². The topological polar surface area (TPSA) is 57.5 Å². The molecule has 3 heteroatoms. The van der Waals surface area contributed by atoms with E-state index in [0.29, 0.717) is 29.5 Å². The maximum atomic E-state index is 12.2. The molecule has 0 heterocycles. The number of hydrogen-bond acceptors (Lipinski definition) is 3. The third-order valence-corrected chi connectivity index (χ3v) is 9.15. The van der Waals surface area contributed by atoms with Gasteiger partial charge in [0.25, 0.3) is 0 Å². The van der Waals surface area contributed by atoms with Crippen LogP contribution in [0.25, 0.3) is 0 Å². The largest absolute Gasteiger partial charge is 0.393 e. The lowest BCUT2D eigenvalue weighted by atomic mass is 9.44. The Morgan fingerprint density at radius 3 is 2.29 bits per heavy atom. The maximum absolute atomic E-state index is 12.2. The van der Waals surface area contributed by atoms with Gasteiger partial charge in [0.1, 0.15) is 5.78 Å². The monoisotopic (exact) mass is 334 g/mol. The Labute approximate surface area is 146 Å². The van der Waals surface area contributed by atoms with Crippen molar-refractivity contribution in [2.24, 2.45) is 40.4 Å². The minimum Gasteiger partial charge on any atom is -0.393 e. The van der Waals surface area contributed by atoms with Crippen LogP contribution in [-0.2, 0) is 4.79 Å². The molecule has 0 aliphatic heterocycles. The summed E-state index contributed by atoms with van der Waals surface area (Å²) in [5, 5.41) is 21.2. The standard InChI is InChI=1S/C21H34O3/c1-12(22)15-4-5-16-19-17(7-9-21(15,16)3)20(2)8-6-14(23)10-13(20)11-18(19)24/h13-19,23-24H,4-11H2,1-3H3/t13?,14-,15+,16-,17-,18+,19-,20-,21+/m0/s1. The SMILES string of the molecule is CC(=O)[C@H]1CC[C@H]2[C@@H]3[C@H](O)CC4C[C@@H](O)CC[C@]4(C)[C@H]3CC[C@]12C. The lowest BCUT2D eigenvalue weighted by molar-refractivity contribution is -0.173. The number of carbonyl (C=O) groups excluding carboxylic acids is 1. The van der Waals surface area contributed by atoms with E-state index >= 15 is 0 Å². The Balaban J connectivity index is 1.66. The summed E-state index contributed by atoms with van der Waals surface area (Å²) in [5.41, 5.74) is 0.379. The van der Waals surface area contributed by atoms with Gasteiger partial charge in [0.05, 0.1) is 12.2 Å². The first-order valence-electron chi connectivity index (χ1n) is 10.1. The van der Waals surface area contributed by atoms with Gasteiger partial charge in [-0.3, -0.25) is 4.79 Å². The van der Waals surface area contributed by atoms with Crippen LogP contribution in [0.5, 0.6) is 0 Å². The summed E-state index contributed by atoms with van der Waals surface area (Å²) >= 11 is 0. The van der Waals surface area contributed by atoms with Crippen molar-refractivity contribution in [2.45, 2.75) is 84.3 Å². The average Bonchev–Trinajstić information content (AvgIpc) is 2.86. The van der Waals surface area contributed by atoms with Crippen LogP contribution in [-0.4, -0.2) is 28.2 Å². The van der Waals surface area contributed by atoms with Crippen molar-refractivity contribution < 1.29 is 15.0 Å². The third kappa shape index (κ3) is 2.19. The van der Waals surface area contributed by atoms with Gasteiger partial charge in [-0.25, -0.2) is 0 Å². The zero-order chi connectivity index (χ0) is 17.3. The van der Waals surface area contributed by atoms with Gasteiger partial charge in [0.15, 0.2) is 0 Å². The van der Waals surface area contributed by atoms with Crippen LogP contribution in [0.2, 0.25) is 0 Å². The lowest BCUT2D eigenvalue weighted by Crippen LogP contribution is -2.58. The van der Waals surface area contributed by atoms with E-state index in [1.54, 1.807) is 6.92 Å². The zero-order valence-electron chi connectivity index (χ0n) is 15.5. The zero-order valence-corrected chi connectivity index (χ0v) is 15.5. The maximum Gasteiger partial charge on any atom is 0.133 e. The number of hydrogen-bond donors (Lipinski definition) is 2. The first-order chi connectivity index (χ1) is 11.3. The van der Waals surface area contributed by atoms with Gasteiger partial charge in [-0.1, -0.05) is 13.8 Å². The molecule has 0 spiro atoms. The molecule has 3 nitrogen and oxygen atoms in total. The van der Waals surface area contributed by atoms with Gasteiger partial charge in [0.2, 0.25) is 0 Å². The quantitative estimate of drug-likeness (QED) is 0.771. The Hall–Kier alpha value is -0.410. The molecule has 4 aliphatic carbocycles. The normalized spacial score (nSPS) is 57.0. The Kier molecular flexibility index (Phi) is 3.93. The van der Waals surface area contributed by atoms with E-state index < -0.39 is 0 Å². The highest BCUT2D eigenvalue weighted by Crippen LogP contribution is 2.67. The fourth-order valence-corrected chi connectivity index (χ4v) is 7.87. The van der Waals surface area contributed by atoms with Crippen LogP contribution >= 0.6 is 0 Å².